The van der Waals surface area contributed by atoms with E-state index in [1.807, 2.05) is 6.92 Å². The SMILES string of the molecule is CCn1c(CNC(=O)c2sccc2S(=O)(=O)N2CCCCC2)n[nH]c1=S. The number of hydrogen-bond acceptors (Lipinski definition) is 6. The second-order valence-electron chi connectivity index (χ2n) is 5.95. The molecule has 1 amide bonds. The van der Waals surface area contributed by atoms with Crippen LogP contribution >= 0.6 is 23.6 Å². The monoisotopic (exact) mass is 415 g/mol. The van der Waals surface area contributed by atoms with Crippen molar-refractivity contribution in [3.63, 3.8) is 0 Å². The van der Waals surface area contributed by atoms with Crippen LogP contribution in [0.4, 0.5) is 0 Å². The fourth-order valence-corrected chi connectivity index (χ4v) is 6.08. The predicted octanol–water partition coefficient (Wildman–Crippen LogP) is 2.13. The molecule has 1 aliphatic rings. The Kier molecular flexibility index (Phi) is 5.90. The first-order chi connectivity index (χ1) is 12.4. The van der Waals surface area contributed by atoms with Gasteiger partial charge in [-0.25, -0.2) is 8.42 Å². The molecule has 0 spiro atoms. The van der Waals surface area contributed by atoms with Crippen LogP contribution in [0.2, 0.25) is 0 Å². The van der Waals surface area contributed by atoms with Gasteiger partial charge in [-0.1, -0.05) is 6.42 Å². The van der Waals surface area contributed by atoms with Gasteiger partial charge in [-0.2, -0.15) is 9.40 Å². The molecule has 8 nitrogen and oxygen atoms in total. The zero-order valence-corrected chi connectivity index (χ0v) is 16.8. The molecule has 1 saturated heterocycles. The fourth-order valence-electron chi connectivity index (χ4n) is 2.96. The molecular weight excluding hydrogens is 394 g/mol. The van der Waals surface area contributed by atoms with Crippen molar-refractivity contribution in [2.75, 3.05) is 13.1 Å². The van der Waals surface area contributed by atoms with E-state index in [0.717, 1.165) is 30.6 Å². The van der Waals surface area contributed by atoms with E-state index in [1.165, 1.54) is 10.4 Å². The molecule has 3 rings (SSSR count). The van der Waals surface area contributed by atoms with Crippen LogP contribution in [0, 0.1) is 4.77 Å². The lowest BCUT2D eigenvalue weighted by atomic mass is 10.2. The Labute approximate surface area is 161 Å². The molecule has 2 aromatic heterocycles. The first kappa shape index (κ1) is 19.2. The number of nitrogens with zero attached hydrogens (tertiary/aromatic N) is 3. The number of rotatable bonds is 6. The van der Waals surface area contributed by atoms with Gasteiger partial charge in [0.15, 0.2) is 10.6 Å². The van der Waals surface area contributed by atoms with Crippen molar-refractivity contribution in [2.24, 2.45) is 0 Å². The number of amides is 1. The summed E-state index contributed by atoms with van der Waals surface area (Å²) in [5.41, 5.74) is 0. The summed E-state index contributed by atoms with van der Waals surface area (Å²) in [6.45, 7) is 3.74. The van der Waals surface area contributed by atoms with Gasteiger partial charge in [0.2, 0.25) is 10.0 Å². The highest BCUT2D eigenvalue weighted by molar-refractivity contribution is 7.89. The number of H-pyrrole nitrogens is 1. The van der Waals surface area contributed by atoms with E-state index in [1.54, 1.807) is 9.95 Å². The maximum Gasteiger partial charge on any atom is 0.263 e. The van der Waals surface area contributed by atoms with Gasteiger partial charge >= 0.3 is 0 Å². The molecule has 142 valence electrons. The number of thiophene rings is 1. The van der Waals surface area contributed by atoms with Crippen LogP contribution in [0.15, 0.2) is 16.3 Å². The maximum absolute atomic E-state index is 12.9. The lowest BCUT2D eigenvalue weighted by molar-refractivity contribution is 0.0950. The number of hydrogen-bond donors (Lipinski definition) is 2. The molecule has 11 heteroatoms. The summed E-state index contributed by atoms with van der Waals surface area (Å²) in [6.07, 6.45) is 2.74. The van der Waals surface area contributed by atoms with E-state index >= 15 is 0 Å². The van der Waals surface area contributed by atoms with Gasteiger partial charge in [-0.3, -0.25) is 9.89 Å². The van der Waals surface area contributed by atoms with Crippen molar-refractivity contribution in [2.45, 2.75) is 44.2 Å². The van der Waals surface area contributed by atoms with Crippen LogP contribution in [0.25, 0.3) is 0 Å². The van der Waals surface area contributed by atoms with Gasteiger partial charge in [0, 0.05) is 19.6 Å². The van der Waals surface area contributed by atoms with Gasteiger partial charge in [-0.15, -0.1) is 11.3 Å². The molecule has 1 aliphatic heterocycles. The average molecular weight is 416 g/mol. The Morgan fingerprint density at radius 1 is 1.38 bits per heavy atom. The molecule has 0 aromatic carbocycles. The van der Waals surface area contributed by atoms with Crippen molar-refractivity contribution in [1.82, 2.24) is 24.4 Å². The molecule has 0 atom stereocenters. The second kappa shape index (κ2) is 7.99. The van der Waals surface area contributed by atoms with Crippen LogP contribution in [0.1, 0.15) is 41.7 Å². The van der Waals surface area contributed by atoms with Crippen molar-refractivity contribution < 1.29 is 13.2 Å². The highest BCUT2D eigenvalue weighted by Gasteiger charge is 2.31. The van der Waals surface area contributed by atoms with Gasteiger partial charge in [0.1, 0.15) is 9.77 Å². The Morgan fingerprint density at radius 2 is 2.12 bits per heavy atom. The molecular formula is C15H21N5O3S3. The number of aromatic nitrogens is 3. The van der Waals surface area contributed by atoms with Gasteiger partial charge < -0.3 is 9.88 Å². The number of sulfonamides is 1. The van der Waals surface area contributed by atoms with E-state index in [9.17, 15) is 13.2 Å². The van der Waals surface area contributed by atoms with Crippen molar-refractivity contribution >= 4 is 39.5 Å². The van der Waals surface area contributed by atoms with Crippen molar-refractivity contribution in [3.05, 3.63) is 26.9 Å². The van der Waals surface area contributed by atoms with Crippen molar-refractivity contribution in [3.8, 4) is 0 Å². The van der Waals surface area contributed by atoms with Crippen LogP contribution in [-0.2, 0) is 23.1 Å². The fraction of sp³-hybridized carbons (Fsp3) is 0.533. The lowest BCUT2D eigenvalue weighted by Gasteiger charge is -2.25. The second-order valence-corrected chi connectivity index (χ2v) is 9.16. The molecule has 0 aliphatic carbocycles. The number of nitrogens with one attached hydrogen (secondary N) is 2. The third kappa shape index (κ3) is 3.75. The van der Waals surface area contributed by atoms with E-state index in [2.05, 4.69) is 15.5 Å². The molecule has 0 unspecified atom stereocenters. The summed E-state index contributed by atoms with van der Waals surface area (Å²) < 4.78 is 29.5. The van der Waals surface area contributed by atoms with Gasteiger partial charge in [0.05, 0.1) is 6.54 Å². The van der Waals surface area contributed by atoms with E-state index < -0.39 is 15.9 Å². The maximum atomic E-state index is 12.9. The molecule has 26 heavy (non-hydrogen) atoms. The largest absolute Gasteiger partial charge is 0.344 e. The molecule has 1 fully saturated rings. The summed E-state index contributed by atoms with van der Waals surface area (Å²) in [4.78, 5) is 12.9. The molecule has 2 N–H and O–H groups in total. The lowest BCUT2D eigenvalue weighted by Crippen LogP contribution is -2.36. The smallest absolute Gasteiger partial charge is 0.263 e. The van der Waals surface area contributed by atoms with Crippen LogP contribution in [0.5, 0.6) is 0 Å². The third-order valence-electron chi connectivity index (χ3n) is 4.33. The third-order valence-corrected chi connectivity index (χ3v) is 7.62. The zero-order valence-electron chi connectivity index (χ0n) is 14.4. The Morgan fingerprint density at radius 3 is 2.81 bits per heavy atom. The minimum atomic E-state index is -3.65. The summed E-state index contributed by atoms with van der Waals surface area (Å²) in [7, 11) is -3.65. The number of carbonyl (C=O) groups excluding carboxylic acids is 1. The van der Waals surface area contributed by atoms with E-state index in [0.29, 0.717) is 30.2 Å². The predicted molar refractivity (Wildman–Crippen MR) is 101 cm³/mol. The van der Waals surface area contributed by atoms with Crippen LogP contribution in [0.3, 0.4) is 0 Å². The first-order valence-electron chi connectivity index (χ1n) is 8.45. The van der Waals surface area contributed by atoms with Gasteiger partial charge in [-0.05, 0) is 43.4 Å². The Balaban J connectivity index is 1.77. The quantitative estimate of drug-likeness (QED) is 0.704. The zero-order chi connectivity index (χ0) is 18.7. The Bertz CT molecular complexity index is 938. The standard InChI is InChI=1S/C15H21N5O3S3/c1-2-20-12(17-18-15(20)24)10-16-14(21)13-11(6-9-25-13)26(22,23)19-7-4-3-5-8-19/h6,9H,2-5,7-8,10H2,1H3,(H,16,21)(H,18,24). The topological polar surface area (TPSA) is 100 Å². The molecule has 3 heterocycles. The minimum absolute atomic E-state index is 0.0799. The van der Waals surface area contributed by atoms with E-state index in [-0.39, 0.29) is 16.3 Å². The highest BCUT2D eigenvalue weighted by atomic mass is 32.2. The summed E-state index contributed by atoms with van der Waals surface area (Å²) in [5.74, 6) is 0.176. The molecule has 0 bridgehead atoms. The first-order valence-corrected chi connectivity index (χ1v) is 11.2. The number of piperidine rings is 1. The van der Waals surface area contributed by atoms with Crippen molar-refractivity contribution in [1.29, 1.82) is 0 Å². The van der Waals surface area contributed by atoms with Crippen LogP contribution < -0.4 is 5.32 Å². The molecule has 0 saturated carbocycles. The van der Waals surface area contributed by atoms with Gasteiger partial charge in [0.25, 0.3) is 5.91 Å². The highest BCUT2D eigenvalue weighted by Crippen LogP contribution is 2.27. The normalized spacial score (nSPS) is 15.9. The molecule has 0 radical (unpaired) electrons. The van der Waals surface area contributed by atoms with Crippen LogP contribution in [-0.4, -0.2) is 46.5 Å². The summed E-state index contributed by atoms with van der Waals surface area (Å²) in [5, 5.41) is 11.2. The number of carbonyl (C=O) groups is 1. The summed E-state index contributed by atoms with van der Waals surface area (Å²) in [6, 6.07) is 1.51. The Hall–Kier alpha value is -1.56. The molecule has 2 aromatic rings. The minimum Gasteiger partial charge on any atom is -0.344 e. The summed E-state index contributed by atoms with van der Waals surface area (Å²) >= 11 is 6.25. The van der Waals surface area contributed by atoms with E-state index in [4.69, 9.17) is 12.2 Å². The number of aromatic amines is 1. The average Bonchev–Trinajstić information content (AvgIpc) is 3.27.